The molecule has 0 saturated carbocycles. The molecule has 0 atom stereocenters. The molecule has 0 unspecified atom stereocenters. The Morgan fingerprint density at radius 1 is 1.15 bits per heavy atom. The number of aryl methyl sites for hydroxylation is 1. The highest BCUT2D eigenvalue weighted by Gasteiger charge is 2.13. The topological polar surface area (TPSA) is 60.2 Å². The molecular formula is C16H19N3O. The Hall–Kier alpha value is -2.23. The number of anilines is 3. The van der Waals surface area contributed by atoms with Gasteiger partial charge in [-0.25, -0.2) is 0 Å². The minimum atomic E-state index is 0.458. The monoisotopic (exact) mass is 269 g/mol. The summed E-state index contributed by atoms with van der Waals surface area (Å²) >= 11 is 0. The van der Waals surface area contributed by atoms with Crippen LogP contribution in [-0.2, 0) is 12.8 Å². The molecule has 3 N–H and O–H groups in total. The smallest absolute Gasteiger partial charge is 0.238 e. The molecule has 1 aromatic carbocycles. The van der Waals surface area contributed by atoms with Crippen LogP contribution in [0.25, 0.3) is 0 Å². The summed E-state index contributed by atoms with van der Waals surface area (Å²) in [5.41, 5.74) is 10.3. The first-order valence-corrected chi connectivity index (χ1v) is 6.96. The quantitative estimate of drug-likeness (QED) is 0.897. The summed E-state index contributed by atoms with van der Waals surface area (Å²) in [6.45, 7) is 0. The number of methoxy groups -OCH3 is 1. The number of pyridine rings is 1. The molecule has 1 aliphatic carbocycles. The van der Waals surface area contributed by atoms with Crippen LogP contribution in [0.15, 0.2) is 30.3 Å². The van der Waals surface area contributed by atoms with Crippen LogP contribution in [0.5, 0.6) is 5.88 Å². The van der Waals surface area contributed by atoms with Crippen LogP contribution in [0.3, 0.4) is 0 Å². The summed E-state index contributed by atoms with van der Waals surface area (Å²) in [6.07, 6.45) is 4.84. The molecule has 0 radical (unpaired) electrons. The number of hydrogen-bond donors (Lipinski definition) is 2. The highest BCUT2D eigenvalue weighted by molar-refractivity contribution is 5.65. The number of benzene rings is 1. The van der Waals surface area contributed by atoms with Crippen LogP contribution in [0.2, 0.25) is 0 Å². The number of rotatable bonds is 3. The van der Waals surface area contributed by atoms with Crippen molar-refractivity contribution in [1.29, 1.82) is 0 Å². The molecule has 0 fully saturated rings. The van der Waals surface area contributed by atoms with Gasteiger partial charge in [0.25, 0.3) is 0 Å². The van der Waals surface area contributed by atoms with Crippen LogP contribution in [0, 0.1) is 0 Å². The molecule has 0 saturated heterocycles. The van der Waals surface area contributed by atoms with Crippen LogP contribution in [0.4, 0.5) is 17.2 Å². The molecule has 20 heavy (non-hydrogen) atoms. The number of nitrogens with one attached hydrogen (secondary N) is 1. The number of hydrogen-bond acceptors (Lipinski definition) is 4. The zero-order valence-electron chi connectivity index (χ0n) is 11.6. The van der Waals surface area contributed by atoms with Crippen molar-refractivity contribution < 1.29 is 4.74 Å². The first-order chi connectivity index (χ1) is 9.78. The normalized spacial score (nSPS) is 13.7. The third-order valence-corrected chi connectivity index (χ3v) is 3.74. The van der Waals surface area contributed by atoms with Gasteiger partial charge in [0, 0.05) is 5.69 Å². The first kappa shape index (κ1) is 12.8. The van der Waals surface area contributed by atoms with Crippen LogP contribution in [0.1, 0.15) is 24.0 Å². The van der Waals surface area contributed by atoms with Gasteiger partial charge in [-0.1, -0.05) is 12.1 Å². The Morgan fingerprint density at radius 3 is 2.85 bits per heavy atom. The molecule has 4 nitrogen and oxygen atoms in total. The van der Waals surface area contributed by atoms with E-state index >= 15 is 0 Å². The lowest BCUT2D eigenvalue weighted by Crippen LogP contribution is -2.07. The summed E-state index contributed by atoms with van der Waals surface area (Å²) < 4.78 is 5.16. The van der Waals surface area contributed by atoms with E-state index in [-0.39, 0.29) is 0 Å². The maximum atomic E-state index is 5.79. The van der Waals surface area contributed by atoms with Gasteiger partial charge in [-0.15, -0.1) is 0 Å². The van der Waals surface area contributed by atoms with E-state index in [1.54, 1.807) is 7.11 Å². The van der Waals surface area contributed by atoms with E-state index in [0.717, 1.165) is 17.9 Å². The van der Waals surface area contributed by atoms with Crippen molar-refractivity contribution in [2.75, 3.05) is 18.2 Å². The van der Waals surface area contributed by atoms with Gasteiger partial charge < -0.3 is 15.8 Å². The second-order valence-electron chi connectivity index (χ2n) is 5.07. The summed E-state index contributed by atoms with van der Waals surface area (Å²) in [5, 5.41) is 3.39. The van der Waals surface area contributed by atoms with Gasteiger partial charge >= 0.3 is 0 Å². The number of aromatic nitrogens is 1. The van der Waals surface area contributed by atoms with Gasteiger partial charge in [-0.05, 0) is 55.0 Å². The summed E-state index contributed by atoms with van der Waals surface area (Å²) in [4.78, 5) is 4.38. The third-order valence-electron chi connectivity index (χ3n) is 3.74. The number of nitrogens with two attached hydrogens (primary N) is 1. The van der Waals surface area contributed by atoms with Crippen molar-refractivity contribution >= 4 is 17.2 Å². The first-order valence-electron chi connectivity index (χ1n) is 6.96. The lowest BCUT2D eigenvalue weighted by Gasteiger charge is -2.20. The van der Waals surface area contributed by atoms with E-state index in [4.69, 9.17) is 10.5 Å². The molecule has 2 aromatic rings. The van der Waals surface area contributed by atoms with Gasteiger partial charge in [0.2, 0.25) is 5.88 Å². The van der Waals surface area contributed by atoms with Gasteiger partial charge in [0.05, 0.1) is 12.8 Å². The lowest BCUT2D eigenvalue weighted by atomic mass is 9.90. The molecule has 0 spiro atoms. The van der Waals surface area contributed by atoms with E-state index in [2.05, 4.69) is 28.5 Å². The lowest BCUT2D eigenvalue weighted by molar-refractivity contribution is 0.401. The van der Waals surface area contributed by atoms with E-state index in [9.17, 15) is 0 Å². The van der Waals surface area contributed by atoms with Gasteiger partial charge in [0.15, 0.2) is 0 Å². The summed E-state index contributed by atoms with van der Waals surface area (Å²) in [7, 11) is 1.58. The van der Waals surface area contributed by atoms with E-state index < -0.39 is 0 Å². The molecule has 4 heteroatoms. The number of nitrogens with zero attached hydrogens (tertiary/aromatic N) is 1. The molecule has 1 aliphatic rings. The molecular weight excluding hydrogens is 250 g/mol. The standard InChI is InChI=1S/C16H19N3O/c1-20-16-13(17)9-10-15(19-16)18-14-8-4-6-11-5-2-3-7-12(11)14/h4,6,8-10H,2-3,5,7,17H2,1H3,(H,18,19). The zero-order valence-corrected chi connectivity index (χ0v) is 11.6. The predicted molar refractivity (Wildman–Crippen MR) is 81.6 cm³/mol. The van der Waals surface area contributed by atoms with Crippen molar-refractivity contribution in [3.63, 3.8) is 0 Å². The zero-order chi connectivity index (χ0) is 13.9. The molecule has 3 rings (SSSR count). The van der Waals surface area contributed by atoms with Gasteiger partial charge in [-0.3, -0.25) is 0 Å². The predicted octanol–water partition coefficient (Wildman–Crippen LogP) is 3.29. The van der Waals surface area contributed by atoms with Gasteiger partial charge in [0.1, 0.15) is 5.82 Å². The molecule has 0 bridgehead atoms. The van der Waals surface area contributed by atoms with Crippen LogP contribution >= 0.6 is 0 Å². The van der Waals surface area contributed by atoms with E-state index in [1.165, 1.54) is 30.4 Å². The highest BCUT2D eigenvalue weighted by Crippen LogP contribution is 2.30. The summed E-state index contributed by atoms with van der Waals surface area (Å²) in [6, 6.07) is 10.1. The minimum Gasteiger partial charge on any atom is -0.479 e. The largest absolute Gasteiger partial charge is 0.479 e. The average Bonchev–Trinajstić information content (AvgIpc) is 2.49. The number of nitrogen functional groups attached to an aromatic ring is 1. The average molecular weight is 269 g/mol. The molecule has 1 aromatic heterocycles. The van der Waals surface area contributed by atoms with Crippen molar-refractivity contribution in [2.45, 2.75) is 25.7 Å². The van der Waals surface area contributed by atoms with E-state index in [1.807, 2.05) is 12.1 Å². The second-order valence-corrected chi connectivity index (χ2v) is 5.07. The van der Waals surface area contributed by atoms with Crippen LogP contribution < -0.4 is 15.8 Å². The summed E-state index contributed by atoms with van der Waals surface area (Å²) in [5.74, 6) is 1.22. The van der Waals surface area contributed by atoms with Crippen molar-refractivity contribution in [1.82, 2.24) is 4.98 Å². The fraction of sp³-hybridized carbons (Fsp3) is 0.312. The Kier molecular flexibility index (Phi) is 3.46. The second kappa shape index (κ2) is 5.41. The van der Waals surface area contributed by atoms with Gasteiger partial charge in [-0.2, -0.15) is 4.98 Å². The fourth-order valence-corrected chi connectivity index (χ4v) is 2.72. The van der Waals surface area contributed by atoms with Crippen molar-refractivity contribution in [3.05, 3.63) is 41.5 Å². The van der Waals surface area contributed by atoms with Crippen molar-refractivity contribution in [3.8, 4) is 5.88 Å². The SMILES string of the molecule is COc1nc(Nc2cccc3c2CCCC3)ccc1N. The minimum absolute atomic E-state index is 0.458. The highest BCUT2D eigenvalue weighted by atomic mass is 16.5. The number of ether oxygens (including phenoxy) is 1. The molecule has 0 amide bonds. The maximum Gasteiger partial charge on any atom is 0.238 e. The number of fused-ring (bicyclic) bond motifs is 1. The van der Waals surface area contributed by atoms with Crippen molar-refractivity contribution in [2.24, 2.45) is 0 Å². The Bertz CT molecular complexity index is 625. The Balaban J connectivity index is 1.91. The molecule has 1 heterocycles. The fourth-order valence-electron chi connectivity index (χ4n) is 2.72. The third kappa shape index (κ3) is 2.41. The van der Waals surface area contributed by atoms with E-state index in [0.29, 0.717) is 11.6 Å². The van der Waals surface area contributed by atoms with Crippen LogP contribution in [-0.4, -0.2) is 12.1 Å². The molecule has 104 valence electrons. The maximum absolute atomic E-state index is 5.79. The Morgan fingerprint density at radius 2 is 2.00 bits per heavy atom. The molecule has 0 aliphatic heterocycles. The Labute approximate surface area is 119 Å².